The summed E-state index contributed by atoms with van der Waals surface area (Å²) >= 11 is 3.01. The van der Waals surface area contributed by atoms with E-state index in [0.717, 1.165) is 45.3 Å². The van der Waals surface area contributed by atoms with Crippen LogP contribution >= 0.6 is 23.1 Å². The van der Waals surface area contributed by atoms with Gasteiger partial charge in [-0.05, 0) is 51.0 Å². The molecule has 0 aliphatic rings. The number of sulfonamides is 1. The highest BCUT2D eigenvalue weighted by Gasteiger charge is 2.20. The number of benzene rings is 1. The number of primary sulfonamides is 1. The summed E-state index contributed by atoms with van der Waals surface area (Å²) in [6, 6.07) is 4.76. The van der Waals surface area contributed by atoms with E-state index < -0.39 is 10.0 Å². The lowest BCUT2D eigenvalue weighted by Crippen LogP contribution is -2.13. The van der Waals surface area contributed by atoms with E-state index in [-0.39, 0.29) is 15.7 Å². The van der Waals surface area contributed by atoms with E-state index in [1.54, 1.807) is 6.07 Å². The second-order valence-corrected chi connectivity index (χ2v) is 11.8. The van der Waals surface area contributed by atoms with Crippen molar-refractivity contribution in [2.24, 2.45) is 5.14 Å². The SMILES string of the molecule is CCCCn1c(S[C@@H](C)c2nc3sc(C)c(C)c3c(=O)[nH]2)nc2cc(S(N)(=O)=O)ccc21. The number of nitrogens with zero attached hydrogens (tertiary/aromatic N) is 3. The molecule has 1 aromatic carbocycles. The Labute approximate surface area is 194 Å². The van der Waals surface area contributed by atoms with E-state index in [2.05, 4.69) is 16.5 Å². The Morgan fingerprint density at radius 3 is 2.72 bits per heavy atom. The Balaban J connectivity index is 1.75. The molecule has 4 rings (SSSR count). The van der Waals surface area contributed by atoms with E-state index in [4.69, 9.17) is 15.1 Å². The molecular weight excluding hydrogens is 466 g/mol. The number of hydrogen-bond acceptors (Lipinski definition) is 7. The van der Waals surface area contributed by atoms with Gasteiger partial charge in [0.05, 0.1) is 26.6 Å². The zero-order valence-electron chi connectivity index (χ0n) is 18.3. The number of aromatic nitrogens is 4. The lowest BCUT2D eigenvalue weighted by molar-refractivity contribution is 0.597. The quantitative estimate of drug-likeness (QED) is 0.372. The van der Waals surface area contributed by atoms with Crippen LogP contribution < -0.4 is 10.7 Å². The maximum absolute atomic E-state index is 12.7. The van der Waals surface area contributed by atoms with Gasteiger partial charge in [-0.1, -0.05) is 25.1 Å². The fraction of sp³-hybridized carbons (Fsp3) is 0.381. The van der Waals surface area contributed by atoms with E-state index in [1.165, 1.54) is 35.2 Å². The van der Waals surface area contributed by atoms with Crippen molar-refractivity contribution in [1.29, 1.82) is 0 Å². The predicted octanol–water partition coefficient (Wildman–Crippen LogP) is 4.25. The van der Waals surface area contributed by atoms with Gasteiger partial charge < -0.3 is 9.55 Å². The molecule has 8 nitrogen and oxygen atoms in total. The number of aryl methyl sites for hydroxylation is 3. The fourth-order valence-electron chi connectivity index (χ4n) is 3.56. The molecule has 32 heavy (non-hydrogen) atoms. The molecule has 0 unspecified atom stereocenters. The summed E-state index contributed by atoms with van der Waals surface area (Å²) in [4.78, 5) is 26.9. The molecule has 1 atom stereocenters. The number of unbranched alkanes of at least 4 members (excludes halogenated alkanes) is 1. The number of thiophene rings is 1. The molecule has 170 valence electrons. The van der Waals surface area contributed by atoms with Gasteiger partial charge in [-0.3, -0.25) is 4.79 Å². The Kier molecular flexibility index (Phi) is 6.19. The number of H-pyrrole nitrogens is 1. The maximum Gasteiger partial charge on any atom is 0.259 e. The molecular formula is C21H25N5O3S3. The Hall–Kier alpha value is -2.21. The number of nitrogens with two attached hydrogens (primary N) is 1. The van der Waals surface area contributed by atoms with E-state index >= 15 is 0 Å². The second-order valence-electron chi connectivity index (χ2n) is 7.77. The summed E-state index contributed by atoms with van der Waals surface area (Å²) in [5.74, 6) is 0.591. The third kappa shape index (κ3) is 4.21. The van der Waals surface area contributed by atoms with Crippen molar-refractivity contribution in [2.75, 3.05) is 0 Å². The maximum atomic E-state index is 12.7. The van der Waals surface area contributed by atoms with Gasteiger partial charge in [0.1, 0.15) is 10.7 Å². The summed E-state index contributed by atoms with van der Waals surface area (Å²) in [7, 11) is -3.81. The van der Waals surface area contributed by atoms with Crippen molar-refractivity contribution >= 4 is 54.4 Å². The van der Waals surface area contributed by atoms with Gasteiger partial charge in [-0.2, -0.15) is 0 Å². The van der Waals surface area contributed by atoms with Gasteiger partial charge in [0.15, 0.2) is 5.16 Å². The molecule has 0 aliphatic heterocycles. The molecule has 0 amide bonds. The number of aromatic amines is 1. The number of thioether (sulfide) groups is 1. The average molecular weight is 492 g/mol. The molecule has 3 heterocycles. The van der Waals surface area contributed by atoms with Crippen LogP contribution in [-0.2, 0) is 16.6 Å². The van der Waals surface area contributed by atoms with Crippen LogP contribution in [0.25, 0.3) is 21.3 Å². The second kappa shape index (κ2) is 8.62. The van der Waals surface area contributed by atoms with Crippen LogP contribution in [0.4, 0.5) is 0 Å². The standard InChI is InChI=1S/C21H25N5O3S3/c1-5-6-9-26-16-8-7-14(32(22,28)29)10-15(16)23-21(26)31-13(4)18-24-19(27)17-11(2)12(3)30-20(17)25-18/h7-8,10,13H,5-6,9H2,1-4H3,(H2,22,28,29)(H,24,25,27)/t13-/m0/s1. The first-order valence-electron chi connectivity index (χ1n) is 10.3. The lowest BCUT2D eigenvalue weighted by atomic mass is 10.2. The largest absolute Gasteiger partial charge is 0.319 e. The molecule has 0 fully saturated rings. The van der Waals surface area contributed by atoms with E-state index in [1.807, 2.05) is 20.8 Å². The minimum absolute atomic E-state index is 0.0367. The number of nitrogens with one attached hydrogen (secondary N) is 1. The number of hydrogen-bond donors (Lipinski definition) is 2. The third-order valence-electron chi connectivity index (χ3n) is 5.47. The molecule has 0 spiro atoms. The number of imidazole rings is 1. The minimum Gasteiger partial charge on any atom is -0.319 e. The molecule has 0 saturated heterocycles. The Morgan fingerprint density at radius 2 is 2.03 bits per heavy atom. The van der Waals surface area contributed by atoms with Crippen LogP contribution in [0.5, 0.6) is 0 Å². The number of fused-ring (bicyclic) bond motifs is 2. The molecule has 0 bridgehead atoms. The van der Waals surface area contributed by atoms with Crippen molar-refractivity contribution < 1.29 is 8.42 Å². The van der Waals surface area contributed by atoms with Gasteiger partial charge in [0.25, 0.3) is 5.56 Å². The number of rotatable bonds is 7. The summed E-state index contributed by atoms with van der Waals surface area (Å²) in [5, 5.41) is 6.53. The average Bonchev–Trinajstić information content (AvgIpc) is 3.21. The van der Waals surface area contributed by atoms with Crippen molar-refractivity contribution in [3.8, 4) is 0 Å². The molecule has 0 saturated carbocycles. The first-order chi connectivity index (χ1) is 15.1. The van der Waals surface area contributed by atoms with Gasteiger partial charge in [-0.25, -0.2) is 23.5 Å². The normalized spacial score (nSPS) is 13.3. The van der Waals surface area contributed by atoms with Crippen LogP contribution in [0.2, 0.25) is 0 Å². The van der Waals surface area contributed by atoms with Crippen LogP contribution in [0.1, 0.15) is 48.2 Å². The zero-order valence-corrected chi connectivity index (χ0v) is 20.7. The van der Waals surface area contributed by atoms with Crippen molar-refractivity contribution in [2.45, 2.75) is 62.4 Å². The van der Waals surface area contributed by atoms with Crippen LogP contribution in [-0.4, -0.2) is 27.9 Å². The Morgan fingerprint density at radius 1 is 1.28 bits per heavy atom. The van der Waals surface area contributed by atoms with Crippen LogP contribution in [0.15, 0.2) is 33.0 Å². The molecule has 4 aromatic rings. The molecule has 3 N–H and O–H groups in total. The summed E-state index contributed by atoms with van der Waals surface area (Å²) < 4.78 is 25.6. The first kappa shape index (κ1) is 23.0. The molecule has 11 heteroatoms. The lowest BCUT2D eigenvalue weighted by Gasteiger charge is -2.12. The highest BCUT2D eigenvalue weighted by Crippen LogP contribution is 2.36. The topological polar surface area (TPSA) is 124 Å². The molecule has 0 aliphatic carbocycles. The highest BCUT2D eigenvalue weighted by molar-refractivity contribution is 7.99. The zero-order chi connectivity index (χ0) is 23.2. The third-order valence-corrected chi connectivity index (χ3v) is 8.58. The molecule has 0 radical (unpaired) electrons. The van der Waals surface area contributed by atoms with Crippen molar-refractivity contribution in [3.63, 3.8) is 0 Å². The van der Waals surface area contributed by atoms with Gasteiger partial charge >= 0.3 is 0 Å². The van der Waals surface area contributed by atoms with Gasteiger partial charge in [-0.15, -0.1) is 11.3 Å². The van der Waals surface area contributed by atoms with Gasteiger partial charge in [0, 0.05) is 11.4 Å². The summed E-state index contributed by atoms with van der Waals surface area (Å²) in [5.41, 5.74) is 2.26. The highest BCUT2D eigenvalue weighted by atomic mass is 32.2. The predicted molar refractivity (Wildman–Crippen MR) is 130 cm³/mol. The van der Waals surface area contributed by atoms with Gasteiger partial charge in [0.2, 0.25) is 10.0 Å². The Bertz CT molecular complexity index is 1480. The monoisotopic (exact) mass is 491 g/mol. The summed E-state index contributed by atoms with van der Waals surface area (Å²) in [6.07, 6.45) is 1.97. The van der Waals surface area contributed by atoms with Crippen LogP contribution in [0, 0.1) is 13.8 Å². The van der Waals surface area contributed by atoms with Crippen molar-refractivity contribution in [1.82, 2.24) is 19.5 Å². The first-order valence-corrected chi connectivity index (χ1v) is 13.5. The van der Waals surface area contributed by atoms with E-state index in [0.29, 0.717) is 16.7 Å². The fourth-order valence-corrected chi connectivity index (χ4v) is 6.14. The molecule has 3 aromatic heterocycles. The van der Waals surface area contributed by atoms with Crippen LogP contribution in [0.3, 0.4) is 0 Å². The van der Waals surface area contributed by atoms with E-state index in [9.17, 15) is 13.2 Å². The summed E-state index contributed by atoms with van der Waals surface area (Å²) in [6.45, 7) is 8.77. The smallest absolute Gasteiger partial charge is 0.259 e. The minimum atomic E-state index is -3.81. The van der Waals surface area contributed by atoms with Crippen molar-refractivity contribution in [3.05, 3.63) is 44.8 Å².